The van der Waals surface area contributed by atoms with Crippen molar-refractivity contribution in [3.63, 3.8) is 0 Å². The average molecular weight is 423 g/mol. The normalized spacial score (nSPS) is 18.7. The van der Waals surface area contributed by atoms with Gasteiger partial charge in [-0.15, -0.1) is 0 Å². The molecular weight excluding hydrogens is 399 g/mol. The van der Waals surface area contributed by atoms with Crippen molar-refractivity contribution in [2.24, 2.45) is 5.92 Å². The van der Waals surface area contributed by atoms with Crippen LogP contribution in [0.5, 0.6) is 5.75 Å². The highest BCUT2D eigenvalue weighted by molar-refractivity contribution is 5.95. The van der Waals surface area contributed by atoms with Gasteiger partial charge in [-0.1, -0.05) is 24.1 Å². The molecule has 0 saturated heterocycles. The number of nitrogens with zero attached hydrogens (tertiary/aromatic N) is 2. The maximum Gasteiger partial charge on any atom is 0.422 e. The summed E-state index contributed by atoms with van der Waals surface area (Å²) < 4.78 is 48.1. The predicted octanol–water partition coefficient (Wildman–Crippen LogP) is 4.64. The minimum atomic E-state index is -4.45. The van der Waals surface area contributed by atoms with Crippen LogP contribution in [-0.2, 0) is 5.54 Å². The summed E-state index contributed by atoms with van der Waals surface area (Å²) in [6.07, 6.45) is 0.185. The molecule has 6 nitrogen and oxygen atoms in total. The number of nitrogens with one attached hydrogen (secondary N) is 1. The Morgan fingerprint density at radius 2 is 2.00 bits per heavy atom. The van der Waals surface area contributed by atoms with Crippen LogP contribution in [0.4, 0.5) is 13.2 Å². The molecule has 1 aromatic heterocycles. The first kappa shape index (κ1) is 20.7. The quantitative estimate of drug-likeness (QED) is 0.669. The molecule has 1 aromatic carbocycles. The van der Waals surface area contributed by atoms with E-state index in [4.69, 9.17) is 9.26 Å². The Morgan fingerprint density at radius 3 is 2.57 bits per heavy atom. The Morgan fingerprint density at radius 1 is 1.27 bits per heavy atom. The van der Waals surface area contributed by atoms with E-state index in [0.29, 0.717) is 29.6 Å². The monoisotopic (exact) mass is 423 g/mol. The first-order valence-corrected chi connectivity index (χ1v) is 10.1. The maximum atomic E-state index is 13.0. The fourth-order valence-electron chi connectivity index (χ4n) is 3.64. The second kappa shape index (κ2) is 7.59. The molecule has 0 unspecified atom stereocenters. The maximum absolute atomic E-state index is 13.0. The molecule has 1 amide bonds. The van der Waals surface area contributed by atoms with Crippen LogP contribution in [0.2, 0.25) is 0 Å². The van der Waals surface area contributed by atoms with Gasteiger partial charge in [-0.2, -0.15) is 18.2 Å². The van der Waals surface area contributed by atoms with Crippen LogP contribution < -0.4 is 10.1 Å². The molecule has 2 fully saturated rings. The zero-order valence-electron chi connectivity index (χ0n) is 16.9. The van der Waals surface area contributed by atoms with E-state index in [1.807, 2.05) is 6.92 Å². The second-order valence-electron chi connectivity index (χ2n) is 8.50. The van der Waals surface area contributed by atoms with Crippen molar-refractivity contribution in [3.8, 4) is 5.75 Å². The Hall–Kier alpha value is -2.58. The molecule has 4 rings (SSSR count). The summed E-state index contributed by atoms with van der Waals surface area (Å²) in [5.41, 5.74) is 0.113. The van der Waals surface area contributed by atoms with Crippen molar-refractivity contribution < 1.29 is 27.2 Å². The lowest BCUT2D eigenvalue weighted by Gasteiger charge is -2.28. The van der Waals surface area contributed by atoms with E-state index in [0.717, 1.165) is 25.7 Å². The van der Waals surface area contributed by atoms with Crippen LogP contribution in [-0.4, -0.2) is 28.8 Å². The molecule has 30 heavy (non-hydrogen) atoms. The number of carbonyl (C=O) groups excluding carboxylic acids is 1. The van der Waals surface area contributed by atoms with Gasteiger partial charge in [0.2, 0.25) is 5.89 Å². The lowest BCUT2D eigenvalue weighted by Crippen LogP contribution is -2.44. The number of aryl methyl sites for hydroxylation is 1. The highest BCUT2D eigenvalue weighted by Gasteiger charge is 2.40. The number of hydrogen-bond donors (Lipinski definition) is 1. The molecule has 2 aromatic rings. The third-order valence-electron chi connectivity index (χ3n) is 5.49. The number of rotatable bonds is 8. The lowest BCUT2D eigenvalue weighted by molar-refractivity contribution is -0.153. The highest BCUT2D eigenvalue weighted by Crippen LogP contribution is 2.45. The second-order valence-corrected chi connectivity index (χ2v) is 8.50. The van der Waals surface area contributed by atoms with E-state index in [9.17, 15) is 18.0 Å². The van der Waals surface area contributed by atoms with E-state index < -0.39 is 24.2 Å². The molecule has 0 radical (unpaired) electrons. The molecule has 2 aliphatic carbocycles. The molecule has 1 heterocycles. The first-order chi connectivity index (χ1) is 14.1. The van der Waals surface area contributed by atoms with Gasteiger partial charge in [0, 0.05) is 12.5 Å². The zero-order chi connectivity index (χ0) is 21.5. The summed E-state index contributed by atoms with van der Waals surface area (Å²) in [6.45, 7) is 2.13. The smallest absolute Gasteiger partial charge is 0.422 e. The molecule has 0 spiro atoms. The van der Waals surface area contributed by atoms with Crippen LogP contribution in [0.25, 0.3) is 0 Å². The van der Waals surface area contributed by atoms with Crippen LogP contribution in [0.15, 0.2) is 22.7 Å². The van der Waals surface area contributed by atoms with Crippen LogP contribution in [0, 0.1) is 12.8 Å². The van der Waals surface area contributed by atoms with Gasteiger partial charge in [0.05, 0.1) is 0 Å². The summed E-state index contributed by atoms with van der Waals surface area (Å²) in [5.74, 6) is 1.15. The molecule has 2 saturated carbocycles. The van der Waals surface area contributed by atoms with Gasteiger partial charge in [-0.25, -0.2) is 0 Å². The van der Waals surface area contributed by atoms with E-state index >= 15 is 0 Å². The number of amides is 1. The van der Waals surface area contributed by atoms with Gasteiger partial charge in [-0.05, 0) is 55.7 Å². The minimum Gasteiger partial charge on any atom is -0.484 e. The van der Waals surface area contributed by atoms with Crippen LogP contribution in [0.3, 0.4) is 0 Å². The van der Waals surface area contributed by atoms with Crippen LogP contribution in [0.1, 0.15) is 72.6 Å². The largest absolute Gasteiger partial charge is 0.484 e. The van der Waals surface area contributed by atoms with Crippen molar-refractivity contribution in [1.82, 2.24) is 15.5 Å². The summed E-state index contributed by atoms with van der Waals surface area (Å²) in [5, 5.41) is 6.96. The molecule has 162 valence electrons. The van der Waals surface area contributed by atoms with E-state index in [1.165, 1.54) is 6.07 Å². The van der Waals surface area contributed by atoms with E-state index in [1.54, 1.807) is 19.1 Å². The average Bonchev–Trinajstić information content (AvgIpc) is 3.59. The van der Waals surface area contributed by atoms with Crippen molar-refractivity contribution in [2.75, 3.05) is 6.61 Å². The molecule has 9 heteroatoms. The zero-order valence-corrected chi connectivity index (χ0v) is 16.9. The summed E-state index contributed by atoms with van der Waals surface area (Å²) in [4.78, 5) is 17.3. The Bertz CT molecular complexity index is 935. The summed E-state index contributed by atoms with van der Waals surface area (Å²) in [6, 6.07) is 4.71. The SMILES string of the molecule is Cc1nc([C@](C)(CC2CC2)NC(=O)c2ccc(C3CC3)c(OCC(F)(F)F)c2)no1. The van der Waals surface area contributed by atoms with Crippen molar-refractivity contribution in [3.05, 3.63) is 41.0 Å². The van der Waals surface area contributed by atoms with Gasteiger partial charge in [0.25, 0.3) is 5.91 Å². The highest BCUT2D eigenvalue weighted by atomic mass is 19.4. The number of ether oxygens (including phenoxy) is 1. The Kier molecular flexibility index (Phi) is 5.23. The van der Waals surface area contributed by atoms with Crippen molar-refractivity contribution in [1.29, 1.82) is 0 Å². The first-order valence-electron chi connectivity index (χ1n) is 10.1. The molecule has 0 aliphatic heterocycles. The molecule has 1 atom stereocenters. The number of hydrogen-bond acceptors (Lipinski definition) is 5. The molecule has 0 bridgehead atoms. The fraction of sp³-hybridized carbons (Fsp3) is 0.571. The topological polar surface area (TPSA) is 77.2 Å². The summed E-state index contributed by atoms with van der Waals surface area (Å²) >= 11 is 0. The lowest BCUT2D eigenvalue weighted by atomic mass is 9.93. The minimum absolute atomic E-state index is 0.113. The third-order valence-corrected chi connectivity index (χ3v) is 5.49. The van der Waals surface area contributed by atoms with Gasteiger partial charge < -0.3 is 14.6 Å². The van der Waals surface area contributed by atoms with Gasteiger partial charge >= 0.3 is 6.18 Å². The van der Waals surface area contributed by atoms with Gasteiger partial charge in [0.15, 0.2) is 12.4 Å². The van der Waals surface area contributed by atoms with Gasteiger partial charge in [0.1, 0.15) is 11.3 Å². The van der Waals surface area contributed by atoms with Gasteiger partial charge in [-0.3, -0.25) is 4.79 Å². The Labute approximate surface area is 172 Å². The number of aromatic nitrogens is 2. The van der Waals surface area contributed by atoms with E-state index in [2.05, 4.69) is 15.5 Å². The molecule has 1 N–H and O–H groups in total. The number of halogens is 3. The number of alkyl halides is 3. The third kappa shape index (κ3) is 4.94. The summed E-state index contributed by atoms with van der Waals surface area (Å²) in [7, 11) is 0. The van der Waals surface area contributed by atoms with E-state index in [-0.39, 0.29) is 17.2 Å². The predicted molar refractivity (Wildman–Crippen MR) is 101 cm³/mol. The molecular formula is C21H24F3N3O3. The fourth-order valence-corrected chi connectivity index (χ4v) is 3.64. The molecule has 2 aliphatic rings. The van der Waals surface area contributed by atoms with Crippen molar-refractivity contribution >= 4 is 5.91 Å². The number of carbonyl (C=O) groups is 1. The van der Waals surface area contributed by atoms with Crippen molar-refractivity contribution in [2.45, 2.75) is 63.6 Å². The van der Waals surface area contributed by atoms with Crippen LogP contribution >= 0.6 is 0 Å². The Balaban J connectivity index is 1.56. The standard InChI is InChI=1S/C21H24F3N3O3/c1-12-25-19(27-30-12)20(2,10-13-3-4-13)26-18(28)15-7-8-16(14-5-6-14)17(9-15)29-11-21(22,23)24/h7-9,13-14H,3-6,10-11H2,1-2H3,(H,26,28)/t20-/m0/s1. The number of benzene rings is 1.